The topological polar surface area (TPSA) is 46.3 Å². The lowest BCUT2D eigenvalue weighted by molar-refractivity contribution is -0.139. The molecule has 1 fully saturated rings. The summed E-state index contributed by atoms with van der Waals surface area (Å²) < 4.78 is 38.8. The average molecular weight is 272 g/mol. The van der Waals surface area contributed by atoms with Gasteiger partial charge in [-0.3, -0.25) is 4.79 Å². The van der Waals surface area contributed by atoms with Crippen molar-refractivity contribution >= 4 is 11.6 Å². The Bertz CT molecular complexity index is 499. The number of alkyl halides is 3. The Kier molecular flexibility index (Phi) is 3.43. The van der Waals surface area contributed by atoms with Crippen LogP contribution in [0.4, 0.5) is 18.9 Å². The number of hydrogen-bond donors (Lipinski definition) is 1. The number of benzene rings is 1. The zero-order chi connectivity index (χ0) is 14.2. The number of hydrogen-bond acceptors (Lipinski definition) is 2. The van der Waals surface area contributed by atoms with E-state index in [0.717, 1.165) is 6.07 Å². The van der Waals surface area contributed by atoms with Crippen LogP contribution < -0.4 is 5.73 Å². The van der Waals surface area contributed by atoms with Gasteiger partial charge in [0.25, 0.3) is 0 Å². The molecule has 1 aromatic rings. The molecule has 1 saturated heterocycles. The number of nitrogens with two attached hydrogens (primary N) is 1. The van der Waals surface area contributed by atoms with Crippen molar-refractivity contribution in [2.75, 3.05) is 12.3 Å². The fourth-order valence-electron chi connectivity index (χ4n) is 2.32. The molecule has 1 aliphatic rings. The Hall–Kier alpha value is -1.72. The van der Waals surface area contributed by atoms with Crippen molar-refractivity contribution in [3.05, 3.63) is 29.3 Å². The summed E-state index contributed by atoms with van der Waals surface area (Å²) in [6, 6.07) is 3.68. The normalized spacial score (nSPS) is 20.1. The largest absolute Gasteiger partial charge is 0.416 e. The number of amides is 1. The van der Waals surface area contributed by atoms with Crippen LogP contribution in [0.2, 0.25) is 0 Å². The molecule has 3 nitrogen and oxygen atoms in total. The summed E-state index contributed by atoms with van der Waals surface area (Å²) in [5, 5.41) is 0. The van der Waals surface area contributed by atoms with Crippen molar-refractivity contribution in [2.24, 2.45) is 5.92 Å². The van der Waals surface area contributed by atoms with E-state index in [1.54, 1.807) is 0 Å². The van der Waals surface area contributed by atoms with Gasteiger partial charge in [-0.2, -0.15) is 13.2 Å². The van der Waals surface area contributed by atoms with Crippen LogP contribution >= 0.6 is 0 Å². The Morgan fingerprint density at radius 3 is 2.63 bits per heavy atom. The van der Waals surface area contributed by atoms with Gasteiger partial charge in [0.15, 0.2) is 0 Å². The summed E-state index contributed by atoms with van der Waals surface area (Å²) in [7, 11) is 0. The molecule has 104 valence electrons. The number of carbonyl (C=O) groups is 1. The Balaban J connectivity index is 2.28. The molecule has 0 bridgehead atoms. The summed E-state index contributed by atoms with van der Waals surface area (Å²) in [6.07, 6.45) is -4.06. The van der Waals surface area contributed by atoms with Crippen molar-refractivity contribution in [3.63, 3.8) is 0 Å². The van der Waals surface area contributed by atoms with E-state index in [1.165, 1.54) is 17.0 Å². The molecule has 0 spiro atoms. The van der Waals surface area contributed by atoms with Crippen molar-refractivity contribution in [1.82, 2.24) is 4.90 Å². The maximum atomic E-state index is 12.9. The monoisotopic (exact) mass is 272 g/mol. The van der Waals surface area contributed by atoms with Gasteiger partial charge in [-0.1, -0.05) is 13.0 Å². The highest BCUT2D eigenvalue weighted by Crippen LogP contribution is 2.34. The predicted molar refractivity (Wildman–Crippen MR) is 65.1 cm³/mol. The van der Waals surface area contributed by atoms with E-state index in [-0.39, 0.29) is 29.6 Å². The van der Waals surface area contributed by atoms with E-state index in [1.807, 2.05) is 6.92 Å². The quantitative estimate of drug-likeness (QED) is 0.841. The molecule has 0 saturated carbocycles. The first kappa shape index (κ1) is 13.7. The molecule has 1 aromatic carbocycles. The number of carbonyl (C=O) groups excluding carboxylic acids is 1. The molecule has 0 aromatic heterocycles. The molecule has 2 N–H and O–H groups in total. The molecule has 1 amide bonds. The third kappa shape index (κ3) is 3.00. The van der Waals surface area contributed by atoms with Crippen molar-refractivity contribution in [1.29, 1.82) is 0 Å². The second kappa shape index (κ2) is 4.75. The molecule has 0 aliphatic carbocycles. The minimum atomic E-state index is -4.46. The number of nitrogen functional groups attached to an aromatic ring is 1. The number of rotatable bonds is 2. The summed E-state index contributed by atoms with van der Waals surface area (Å²) in [5.41, 5.74) is 4.79. The highest BCUT2D eigenvalue weighted by atomic mass is 19.4. The lowest BCUT2D eigenvalue weighted by atomic mass is 10.1. The zero-order valence-corrected chi connectivity index (χ0v) is 10.5. The number of anilines is 1. The van der Waals surface area contributed by atoms with Gasteiger partial charge in [0.2, 0.25) is 5.91 Å². The molecule has 19 heavy (non-hydrogen) atoms. The fraction of sp³-hybridized carbons (Fsp3) is 0.462. The summed E-state index contributed by atoms with van der Waals surface area (Å²) in [6.45, 7) is 2.39. The van der Waals surface area contributed by atoms with Crippen LogP contribution in [0.5, 0.6) is 0 Å². The Morgan fingerprint density at radius 2 is 2.11 bits per heavy atom. The van der Waals surface area contributed by atoms with E-state index < -0.39 is 11.7 Å². The van der Waals surface area contributed by atoms with Crippen LogP contribution in [0.3, 0.4) is 0 Å². The van der Waals surface area contributed by atoms with E-state index in [9.17, 15) is 18.0 Å². The van der Waals surface area contributed by atoms with Crippen molar-refractivity contribution in [3.8, 4) is 0 Å². The van der Waals surface area contributed by atoms with Crippen LogP contribution in [0.25, 0.3) is 0 Å². The van der Waals surface area contributed by atoms with Crippen LogP contribution in [0.1, 0.15) is 24.5 Å². The van der Waals surface area contributed by atoms with Gasteiger partial charge >= 0.3 is 6.18 Å². The van der Waals surface area contributed by atoms with Crippen LogP contribution in [0.15, 0.2) is 18.2 Å². The highest BCUT2D eigenvalue weighted by molar-refractivity contribution is 5.78. The SMILES string of the molecule is CC1CC(=O)N(Cc2ccc(N)cc2C(F)(F)F)C1. The molecule has 1 aliphatic heterocycles. The molecule has 0 radical (unpaired) electrons. The second-order valence-corrected chi connectivity index (χ2v) is 5.00. The van der Waals surface area contributed by atoms with E-state index in [0.29, 0.717) is 13.0 Å². The standard InChI is InChI=1S/C13H15F3N2O/c1-8-4-12(19)18(6-8)7-9-2-3-10(17)5-11(9)13(14,15)16/h2-3,5,8H,4,6-7,17H2,1H3. The zero-order valence-electron chi connectivity index (χ0n) is 10.5. The summed E-state index contributed by atoms with van der Waals surface area (Å²) in [5.74, 6) is 0.0908. The first-order valence-corrected chi connectivity index (χ1v) is 6.00. The molecule has 1 unspecified atom stereocenters. The summed E-state index contributed by atoms with van der Waals surface area (Å²) >= 11 is 0. The fourth-order valence-corrected chi connectivity index (χ4v) is 2.32. The Morgan fingerprint density at radius 1 is 1.42 bits per heavy atom. The molecule has 1 heterocycles. The maximum Gasteiger partial charge on any atom is 0.416 e. The smallest absolute Gasteiger partial charge is 0.399 e. The van der Waals surface area contributed by atoms with E-state index >= 15 is 0 Å². The number of likely N-dealkylation sites (tertiary alicyclic amines) is 1. The van der Waals surface area contributed by atoms with Gasteiger partial charge < -0.3 is 10.6 Å². The molecule has 2 rings (SSSR count). The third-order valence-electron chi connectivity index (χ3n) is 3.21. The second-order valence-electron chi connectivity index (χ2n) is 5.00. The van der Waals surface area contributed by atoms with Crippen molar-refractivity contribution in [2.45, 2.75) is 26.1 Å². The van der Waals surface area contributed by atoms with Gasteiger partial charge in [-0.25, -0.2) is 0 Å². The van der Waals surface area contributed by atoms with Gasteiger partial charge in [0.05, 0.1) is 5.56 Å². The van der Waals surface area contributed by atoms with Crippen LogP contribution in [0, 0.1) is 5.92 Å². The Labute approximate surface area is 109 Å². The van der Waals surface area contributed by atoms with E-state index in [4.69, 9.17) is 5.73 Å². The lowest BCUT2D eigenvalue weighted by Crippen LogP contribution is -2.26. The van der Waals surface area contributed by atoms with Gasteiger partial charge in [-0.15, -0.1) is 0 Å². The first-order valence-electron chi connectivity index (χ1n) is 6.00. The average Bonchev–Trinajstić information content (AvgIpc) is 2.58. The first-order chi connectivity index (χ1) is 8.77. The predicted octanol–water partition coefficient (Wildman–Crippen LogP) is 2.66. The summed E-state index contributed by atoms with van der Waals surface area (Å²) in [4.78, 5) is 13.1. The lowest BCUT2D eigenvalue weighted by Gasteiger charge is -2.20. The number of halogens is 3. The van der Waals surface area contributed by atoms with Gasteiger partial charge in [-0.05, 0) is 23.6 Å². The van der Waals surface area contributed by atoms with Crippen LogP contribution in [-0.2, 0) is 17.5 Å². The minimum Gasteiger partial charge on any atom is -0.399 e. The molecular formula is C13H15F3N2O. The van der Waals surface area contributed by atoms with E-state index in [2.05, 4.69) is 0 Å². The maximum absolute atomic E-state index is 12.9. The number of nitrogens with zero attached hydrogens (tertiary/aromatic N) is 1. The van der Waals surface area contributed by atoms with Crippen LogP contribution in [-0.4, -0.2) is 17.4 Å². The highest BCUT2D eigenvalue weighted by Gasteiger charge is 2.35. The minimum absolute atomic E-state index is 0.0156. The van der Waals surface area contributed by atoms with Gasteiger partial charge in [0, 0.05) is 25.2 Å². The van der Waals surface area contributed by atoms with Crippen molar-refractivity contribution < 1.29 is 18.0 Å². The molecule has 6 heteroatoms. The van der Waals surface area contributed by atoms with Gasteiger partial charge in [0.1, 0.15) is 0 Å². The molecule has 1 atom stereocenters. The molecular weight excluding hydrogens is 257 g/mol. The third-order valence-corrected chi connectivity index (χ3v) is 3.21.